The van der Waals surface area contributed by atoms with Gasteiger partial charge in [0.25, 0.3) is 0 Å². The van der Waals surface area contributed by atoms with Crippen LogP contribution in [0.3, 0.4) is 0 Å². The van der Waals surface area contributed by atoms with Crippen molar-refractivity contribution in [3.63, 3.8) is 0 Å². The molecule has 0 fully saturated rings. The van der Waals surface area contributed by atoms with Crippen LogP contribution in [0.15, 0.2) is 36.5 Å². The third-order valence-corrected chi connectivity index (χ3v) is 7.99. The molecule has 1 aromatic heterocycles. The monoisotopic (exact) mass is 574 g/mol. The summed E-state index contributed by atoms with van der Waals surface area (Å²) < 4.78 is 13.0. The van der Waals surface area contributed by atoms with Crippen LogP contribution >= 0.6 is 0 Å². The van der Waals surface area contributed by atoms with E-state index in [9.17, 15) is 14.7 Å². The van der Waals surface area contributed by atoms with Crippen molar-refractivity contribution in [3.05, 3.63) is 53.3 Å². The number of hydrogen-bond acceptors (Lipinski definition) is 6. The minimum absolute atomic E-state index is 0.0362. The molecule has 0 aliphatic rings. The summed E-state index contributed by atoms with van der Waals surface area (Å²) in [4.78, 5) is 25.9. The van der Waals surface area contributed by atoms with Crippen molar-refractivity contribution in [2.24, 2.45) is 0 Å². The number of nitrogens with one attached hydrogen (secondary N) is 2. The Bertz CT molecular complexity index is 1070. The first-order chi connectivity index (χ1) is 18.6. The summed E-state index contributed by atoms with van der Waals surface area (Å²) in [6, 6.07) is 10.8. The van der Waals surface area contributed by atoms with Gasteiger partial charge in [0.1, 0.15) is 17.9 Å². The van der Waals surface area contributed by atoms with E-state index < -0.39 is 31.3 Å². The first kappa shape index (κ1) is 33.5. The summed E-state index contributed by atoms with van der Waals surface area (Å²) in [6.07, 6.45) is 3.94. The number of carbonyl (C=O) groups is 2. The second-order valence-corrected chi connectivity index (χ2v) is 18.7. The Hall–Kier alpha value is -2.69. The molecule has 1 unspecified atom stereocenters. The lowest BCUT2D eigenvalue weighted by Crippen LogP contribution is -2.56. The fourth-order valence-electron chi connectivity index (χ4n) is 4.07. The molecule has 2 amide bonds. The van der Waals surface area contributed by atoms with Gasteiger partial charge in [-0.05, 0) is 77.5 Å². The number of alkyl carbamates (subject to hydrolysis) is 1. The lowest BCUT2D eigenvalue weighted by Gasteiger charge is -2.29. The molecule has 1 aromatic carbocycles. The van der Waals surface area contributed by atoms with Crippen LogP contribution in [0.5, 0.6) is 0 Å². The molecule has 0 radical (unpaired) electrons. The van der Waals surface area contributed by atoms with Gasteiger partial charge in [-0.1, -0.05) is 50.0 Å². The quantitative estimate of drug-likeness (QED) is 0.199. The van der Waals surface area contributed by atoms with E-state index in [1.807, 2.05) is 24.4 Å². The average molecular weight is 575 g/mol. The smallest absolute Gasteiger partial charge is 0.408 e. The number of hydrogen-bond donors (Lipinski definition) is 3. The van der Waals surface area contributed by atoms with Crippen molar-refractivity contribution in [2.75, 3.05) is 13.2 Å². The summed E-state index contributed by atoms with van der Waals surface area (Å²) >= 11 is 0. The Morgan fingerprint density at radius 2 is 1.75 bits per heavy atom. The van der Waals surface area contributed by atoms with Gasteiger partial charge in [0.05, 0.1) is 11.7 Å². The lowest BCUT2D eigenvalue weighted by molar-refractivity contribution is -0.127. The van der Waals surface area contributed by atoms with Gasteiger partial charge in [-0.3, -0.25) is 4.79 Å². The fraction of sp³-hybridized carbons (Fsp3) is 0.633. The van der Waals surface area contributed by atoms with Gasteiger partial charge < -0.3 is 25.2 Å². The molecule has 0 saturated carbocycles. The van der Waals surface area contributed by atoms with E-state index >= 15 is 0 Å². The van der Waals surface area contributed by atoms with Crippen LogP contribution in [0, 0.1) is 0 Å². The maximum Gasteiger partial charge on any atom is 0.408 e. The molecular weight excluding hydrogens is 524 g/mol. The minimum Gasteiger partial charge on any atom is -0.444 e. The first-order valence-corrected chi connectivity index (χ1v) is 17.9. The highest BCUT2D eigenvalue weighted by atomic mass is 28.3. The standard InChI is InChI=1S/C30H50N4O5Si/c1-29(2,3)39-28(37)32-30(4,5)27(36)31-25(16-12-15-23-13-10-9-11-14-23)26-24(17-18-35)21-34(33-26)22-38-19-20-40(6,7)8/h9-11,13-14,21,25,35H,12,15-20,22H2,1-8H3,(H,31,36)(H,32,37). The molecule has 2 rings (SSSR count). The minimum atomic E-state index is -1.22. The van der Waals surface area contributed by atoms with Crippen LogP contribution in [0.2, 0.25) is 25.7 Å². The van der Waals surface area contributed by atoms with Gasteiger partial charge in [-0.15, -0.1) is 0 Å². The molecular formula is C30H50N4O5Si. The molecule has 10 heteroatoms. The molecule has 0 saturated heterocycles. The molecule has 0 aliphatic heterocycles. The topological polar surface area (TPSA) is 115 Å². The second-order valence-electron chi connectivity index (χ2n) is 13.1. The maximum absolute atomic E-state index is 13.5. The summed E-state index contributed by atoms with van der Waals surface area (Å²) in [5, 5.41) is 20.4. The number of nitrogens with zero attached hydrogens (tertiary/aromatic N) is 2. The fourth-order valence-corrected chi connectivity index (χ4v) is 4.83. The Kier molecular flexibility index (Phi) is 12.4. The number of aliphatic hydroxyl groups excluding tert-OH is 1. The average Bonchev–Trinajstić information content (AvgIpc) is 3.22. The third-order valence-electron chi connectivity index (χ3n) is 6.29. The zero-order valence-corrected chi connectivity index (χ0v) is 26.7. The zero-order valence-electron chi connectivity index (χ0n) is 25.7. The number of aromatic nitrogens is 2. The first-order valence-electron chi connectivity index (χ1n) is 14.2. The van der Waals surface area contributed by atoms with E-state index in [1.165, 1.54) is 5.56 Å². The van der Waals surface area contributed by atoms with E-state index in [2.05, 4.69) is 42.4 Å². The SMILES string of the molecule is CC(C)(C)OC(=O)NC(C)(C)C(=O)NC(CCCc1ccccc1)c1nn(COCC[Si](C)(C)C)cc1CCO. The molecule has 0 spiro atoms. The predicted octanol–water partition coefficient (Wildman–Crippen LogP) is 5.21. The number of ether oxygens (including phenoxy) is 2. The maximum atomic E-state index is 13.5. The van der Waals surface area contributed by atoms with Gasteiger partial charge in [0, 0.05) is 27.5 Å². The highest BCUT2D eigenvalue weighted by Gasteiger charge is 2.34. The Labute approximate surface area is 241 Å². The number of carbonyl (C=O) groups excluding carboxylic acids is 2. The number of benzene rings is 1. The van der Waals surface area contributed by atoms with Crippen LogP contribution in [-0.2, 0) is 33.8 Å². The van der Waals surface area contributed by atoms with E-state index in [0.717, 1.165) is 24.4 Å². The normalized spacial score (nSPS) is 13.1. The summed E-state index contributed by atoms with van der Waals surface area (Å²) in [6.45, 7) is 16.5. The molecule has 0 bridgehead atoms. The molecule has 1 heterocycles. The Morgan fingerprint density at radius 1 is 1.07 bits per heavy atom. The highest BCUT2D eigenvalue weighted by Crippen LogP contribution is 2.24. The van der Waals surface area contributed by atoms with E-state index in [1.54, 1.807) is 39.3 Å². The van der Waals surface area contributed by atoms with Crippen molar-refractivity contribution in [1.29, 1.82) is 0 Å². The zero-order chi connectivity index (χ0) is 30.0. The van der Waals surface area contributed by atoms with Gasteiger partial charge in [0.2, 0.25) is 5.91 Å². The van der Waals surface area contributed by atoms with Crippen molar-refractivity contribution in [3.8, 4) is 0 Å². The van der Waals surface area contributed by atoms with Crippen LogP contribution in [0.1, 0.15) is 70.3 Å². The van der Waals surface area contributed by atoms with E-state index in [4.69, 9.17) is 14.6 Å². The molecule has 1 atom stereocenters. The molecule has 3 N–H and O–H groups in total. The van der Waals surface area contributed by atoms with Crippen molar-refractivity contribution < 1.29 is 24.2 Å². The van der Waals surface area contributed by atoms with Crippen molar-refractivity contribution in [1.82, 2.24) is 20.4 Å². The Morgan fingerprint density at radius 3 is 2.35 bits per heavy atom. The number of aliphatic hydroxyl groups is 1. The second kappa shape index (κ2) is 14.8. The molecule has 2 aromatic rings. The van der Waals surface area contributed by atoms with Crippen LogP contribution in [0.4, 0.5) is 4.79 Å². The molecule has 0 aliphatic carbocycles. The lowest BCUT2D eigenvalue weighted by atomic mass is 9.97. The van der Waals surface area contributed by atoms with Crippen molar-refractivity contribution in [2.45, 2.75) is 110 Å². The molecule has 9 nitrogen and oxygen atoms in total. The van der Waals surface area contributed by atoms with Crippen molar-refractivity contribution >= 4 is 20.1 Å². The molecule has 40 heavy (non-hydrogen) atoms. The van der Waals surface area contributed by atoms with E-state index in [0.29, 0.717) is 31.9 Å². The summed E-state index contributed by atoms with van der Waals surface area (Å²) in [5.74, 6) is -0.348. The van der Waals surface area contributed by atoms with Gasteiger partial charge in [0.15, 0.2) is 0 Å². The number of amides is 2. The van der Waals surface area contributed by atoms with E-state index in [-0.39, 0.29) is 12.5 Å². The highest BCUT2D eigenvalue weighted by molar-refractivity contribution is 6.76. The van der Waals surface area contributed by atoms with Crippen LogP contribution in [0.25, 0.3) is 0 Å². The van der Waals surface area contributed by atoms with Gasteiger partial charge >= 0.3 is 6.09 Å². The third kappa shape index (κ3) is 12.2. The predicted molar refractivity (Wildman–Crippen MR) is 161 cm³/mol. The Balaban J connectivity index is 2.23. The summed E-state index contributed by atoms with van der Waals surface area (Å²) in [5.41, 5.74) is 0.882. The largest absolute Gasteiger partial charge is 0.444 e. The van der Waals surface area contributed by atoms with Gasteiger partial charge in [-0.2, -0.15) is 5.10 Å². The molecule has 224 valence electrons. The van der Waals surface area contributed by atoms with Crippen LogP contribution in [-0.4, -0.2) is 59.3 Å². The van der Waals surface area contributed by atoms with Gasteiger partial charge in [-0.25, -0.2) is 9.48 Å². The number of rotatable bonds is 15. The summed E-state index contributed by atoms with van der Waals surface area (Å²) in [7, 11) is -1.21. The van der Waals surface area contributed by atoms with Crippen LogP contribution < -0.4 is 10.6 Å². The number of aryl methyl sites for hydroxylation is 1.